The van der Waals surface area contributed by atoms with Crippen LogP contribution in [0.2, 0.25) is 5.02 Å². The van der Waals surface area contributed by atoms with E-state index in [4.69, 9.17) is 11.6 Å². The van der Waals surface area contributed by atoms with Gasteiger partial charge in [-0.1, -0.05) is 11.6 Å². The number of aliphatic hydroxyl groups is 1. The predicted octanol–water partition coefficient (Wildman–Crippen LogP) is 2.97. The summed E-state index contributed by atoms with van der Waals surface area (Å²) in [6, 6.07) is 7.08. The van der Waals surface area contributed by atoms with Gasteiger partial charge in [-0.3, -0.25) is 4.31 Å². The predicted molar refractivity (Wildman–Crippen MR) is 73.6 cm³/mol. The van der Waals surface area contributed by atoms with Gasteiger partial charge < -0.3 is 5.11 Å². The van der Waals surface area contributed by atoms with Crippen LogP contribution in [0.5, 0.6) is 0 Å². The Morgan fingerprint density at radius 2 is 1.89 bits per heavy atom. The summed E-state index contributed by atoms with van der Waals surface area (Å²) in [4.78, 5) is 0.920. The highest BCUT2D eigenvalue weighted by atomic mass is 35.5. The van der Waals surface area contributed by atoms with E-state index in [1.165, 1.54) is 0 Å². The minimum absolute atomic E-state index is 0.635. The minimum atomic E-state index is -1.24. The highest BCUT2D eigenvalue weighted by Gasteiger charge is 2.38. The van der Waals surface area contributed by atoms with Crippen LogP contribution in [0.1, 0.15) is 25.7 Å². The van der Waals surface area contributed by atoms with Gasteiger partial charge in [-0.15, -0.1) is 0 Å². The third-order valence-corrected chi connectivity index (χ3v) is 5.37. The van der Waals surface area contributed by atoms with E-state index < -0.39 is 17.2 Å². The van der Waals surface area contributed by atoms with Crippen LogP contribution in [0.3, 0.4) is 0 Å². The molecule has 0 bridgehead atoms. The normalized spacial score (nSPS) is 27.6. The van der Waals surface area contributed by atoms with Crippen molar-refractivity contribution in [3.8, 4) is 0 Å². The number of hydrogen-bond donors (Lipinski definition) is 1. The van der Waals surface area contributed by atoms with E-state index >= 15 is 0 Å². The Labute approximate surface area is 114 Å². The molecule has 0 radical (unpaired) electrons. The molecule has 1 N–H and O–H groups in total. The van der Waals surface area contributed by atoms with Crippen molar-refractivity contribution in [2.75, 3.05) is 4.31 Å². The maximum atomic E-state index is 12.4. The Morgan fingerprint density at radius 3 is 2.56 bits per heavy atom. The third-order valence-electron chi connectivity index (χ3n) is 3.46. The molecule has 0 spiro atoms. The first-order valence-electron chi connectivity index (χ1n) is 6.05. The number of hydrogen-bond acceptors (Lipinski definition) is 2. The molecule has 2 atom stereocenters. The Kier molecular flexibility index (Phi) is 3.18. The summed E-state index contributed by atoms with van der Waals surface area (Å²) >= 11 is 5.85. The summed E-state index contributed by atoms with van der Waals surface area (Å²) < 4.78 is 14.0. The lowest BCUT2D eigenvalue weighted by Gasteiger charge is -2.22. The molecule has 1 heterocycles. The maximum absolute atomic E-state index is 12.4. The van der Waals surface area contributed by atoms with E-state index in [2.05, 4.69) is 0 Å². The Bertz CT molecular complexity index is 526. The van der Waals surface area contributed by atoms with Gasteiger partial charge in [0.1, 0.15) is 0 Å². The average Bonchev–Trinajstić information content (AvgIpc) is 2.64. The molecule has 0 fully saturated rings. The van der Waals surface area contributed by atoms with Gasteiger partial charge in [0, 0.05) is 9.93 Å². The van der Waals surface area contributed by atoms with Crippen molar-refractivity contribution in [1.82, 2.24) is 0 Å². The van der Waals surface area contributed by atoms with Crippen LogP contribution in [0.25, 0.3) is 0 Å². The van der Waals surface area contributed by atoms with Crippen LogP contribution in [0.4, 0.5) is 5.69 Å². The summed E-state index contributed by atoms with van der Waals surface area (Å²) in [6.45, 7) is 0. The quantitative estimate of drug-likeness (QED) is 0.861. The summed E-state index contributed by atoms with van der Waals surface area (Å²) in [5.74, 6) is 0. The first kappa shape index (κ1) is 12.2. The van der Waals surface area contributed by atoms with Crippen LogP contribution in [-0.4, -0.2) is 15.5 Å². The Hall–Kier alpha value is -0.840. The van der Waals surface area contributed by atoms with E-state index in [9.17, 15) is 9.32 Å². The molecule has 3 rings (SSSR count). The fourth-order valence-corrected chi connectivity index (χ4v) is 4.29. The molecule has 0 saturated heterocycles. The van der Waals surface area contributed by atoms with E-state index in [-0.39, 0.29) is 0 Å². The first-order valence-corrected chi connectivity index (χ1v) is 7.53. The van der Waals surface area contributed by atoms with Gasteiger partial charge in [0.15, 0.2) is 17.2 Å². The molecule has 1 aromatic carbocycles. The van der Waals surface area contributed by atoms with E-state index in [1.54, 1.807) is 28.6 Å². The maximum Gasteiger partial charge on any atom is 0.162 e. The SMILES string of the molecule is O=S1C2=C(CCCC2)[C@H](O)N1c1ccc(Cl)cc1. The number of allylic oxidation sites excluding steroid dienone is 1. The minimum Gasteiger partial charge on any atom is -0.369 e. The van der Waals surface area contributed by atoms with Crippen molar-refractivity contribution in [2.24, 2.45) is 0 Å². The van der Waals surface area contributed by atoms with Gasteiger partial charge in [-0.25, -0.2) is 4.21 Å². The van der Waals surface area contributed by atoms with Gasteiger partial charge in [-0.05, 0) is 55.5 Å². The van der Waals surface area contributed by atoms with Crippen LogP contribution < -0.4 is 4.31 Å². The zero-order chi connectivity index (χ0) is 12.7. The van der Waals surface area contributed by atoms with Crippen LogP contribution in [-0.2, 0) is 11.0 Å². The summed E-state index contributed by atoms with van der Waals surface area (Å²) in [5.41, 5.74) is 1.70. The number of rotatable bonds is 1. The zero-order valence-corrected chi connectivity index (χ0v) is 11.4. The fraction of sp³-hybridized carbons (Fsp3) is 0.385. The van der Waals surface area contributed by atoms with Crippen molar-refractivity contribution in [1.29, 1.82) is 0 Å². The number of halogens is 1. The number of nitrogens with zero attached hydrogens (tertiary/aromatic N) is 1. The third kappa shape index (κ3) is 1.88. The van der Waals surface area contributed by atoms with Crippen molar-refractivity contribution >= 4 is 28.3 Å². The molecule has 3 nitrogen and oxygen atoms in total. The molecular weight excluding hydrogens is 270 g/mol. The van der Waals surface area contributed by atoms with Gasteiger partial charge in [-0.2, -0.15) is 0 Å². The number of benzene rings is 1. The highest BCUT2D eigenvalue weighted by Crippen LogP contribution is 2.40. The lowest BCUT2D eigenvalue weighted by Crippen LogP contribution is -2.32. The monoisotopic (exact) mass is 283 g/mol. The first-order chi connectivity index (χ1) is 8.68. The zero-order valence-electron chi connectivity index (χ0n) is 9.80. The number of anilines is 1. The second-order valence-electron chi connectivity index (χ2n) is 4.58. The summed E-state index contributed by atoms with van der Waals surface area (Å²) in [7, 11) is -1.24. The molecule has 2 aliphatic rings. The molecule has 1 aromatic rings. The standard InChI is InChI=1S/C13H14ClNO2S/c14-9-5-7-10(8-6-9)15-13(16)11-3-1-2-4-12(11)18(15)17/h5-8,13,16H,1-4H2/t13-,18?/m0/s1. The second-order valence-corrected chi connectivity index (χ2v) is 6.40. The lowest BCUT2D eigenvalue weighted by molar-refractivity contribution is 0.220. The van der Waals surface area contributed by atoms with Crippen molar-refractivity contribution in [3.63, 3.8) is 0 Å². The molecule has 96 valence electrons. The molecule has 0 amide bonds. The molecule has 18 heavy (non-hydrogen) atoms. The van der Waals surface area contributed by atoms with E-state index in [0.717, 1.165) is 41.8 Å². The van der Waals surface area contributed by atoms with Gasteiger partial charge in [0.25, 0.3) is 0 Å². The molecule has 1 aliphatic carbocycles. The fourth-order valence-electron chi connectivity index (χ4n) is 2.55. The number of aliphatic hydroxyl groups excluding tert-OH is 1. The topological polar surface area (TPSA) is 40.5 Å². The van der Waals surface area contributed by atoms with E-state index in [0.29, 0.717) is 5.02 Å². The summed E-state index contributed by atoms with van der Waals surface area (Å²) in [6.07, 6.45) is 3.07. The highest BCUT2D eigenvalue weighted by molar-refractivity contribution is 7.90. The van der Waals surface area contributed by atoms with Crippen LogP contribution in [0, 0.1) is 0 Å². The van der Waals surface area contributed by atoms with Crippen molar-refractivity contribution < 1.29 is 9.32 Å². The molecule has 0 saturated carbocycles. The Morgan fingerprint density at radius 1 is 1.22 bits per heavy atom. The molecule has 1 unspecified atom stereocenters. The molecule has 5 heteroatoms. The van der Waals surface area contributed by atoms with Gasteiger partial charge in [0.05, 0.1) is 5.69 Å². The molecule has 1 aliphatic heterocycles. The van der Waals surface area contributed by atoms with Crippen LogP contribution in [0.15, 0.2) is 34.7 Å². The lowest BCUT2D eigenvalue weighted by atomic mass is 9.98. The van der Waals surface area contributed by atoms with E-state index in [1.807, 2.05) is 0 Å². The van der Waals surface area contributed by atoms with Crippen molar-refractivity contribution in [2.45, 2.75) is 31.9 Å². The average molecular weight is 284 g/mol. The van der Waals surface area contributed by atoms with Gasteiger partial charge >= 0.3 is 0 Å². The van der Waals surface area contributed by atoms with Crippen LogP contribution >= 0.6 is 11.6 Å². The summed E-state index contributed by atoms with van der Waals surface area (Å²) in [5, 5.41) is 11.0. The Balaban J connectivity index is 1.96. The van der Waals surface area contributed by atoms with Crippen molar-refractivity contribution in [3.05, 3.63) is 39.8 Å². The van der Waals surface area contributed by atoms with Gasteiger partial charge in [0.2, 0.25) is 0 Å². The largest absolute Gasteiger partial charge is 0.369 e. The molecule has 0 aromatic heterocycles. The molecular formula is C13H14ClNO2S. The second kappa shape index (κ2) is 4.68. The smallest absolute Gasteiger partial charge is 0.162 e.